The Morgan fingerprint density at radius 2 is 1.53 bits per heavy atom. The van der Waals surface area contributed by atoms with Gasteiger partial charge in [-0.3, -0.25) is 28.9 Å². The minimum Gasteiger partial charge on any atom is -0.508 e. The third-order valence-electron chi connectivity index (χ3n) is 14.9. The monoisotopic (exact) mass is 945 g/mol. The summed E-state index contributed by atoms with van der Waals surface area (Å²) in [5, 5.41) is 15.1. The summed E-state index contributed by atoms with van der Waals surface area (Å²) in [4.78, 5) is 52.4. The molecule has 14 heteroatoms. The quantitative estimate of drug-likeness (QED) is 0.130. The molecule has 2 aromatic heterocycles. The van der Waals surface area contributed by atoms with E-state index in [1.807, 2.05) is 82.4 Å². The van der Waals surface area contributed by atoms with Crippen LogP contribution in [0.2, 0.25) is 0 Å². The van der Waals surface area contributed by atoms with Crippen LogP contribution in [0.4, 0.5) is 11.4 Å². The minimum atomic E-state index is -0.258. The molecule has 70 heavy (non-hydrogen) atoms. The number of phenols is 1. The molecule has 0 unspecified atom stereocenters. The Bertz CT molecular complexity index is 2880. The summed E-state index contributed by atoms with van der Waals surface area (Å²) in [6, 6.07) is 28.9. The van der Waals surface area contributed by atoms with Crippen molar-refractivity contribution in [3.05, 3.63) is 148 Å². The van der Waals surface area contributed by atoms with E-state index in [4.69, 9.17) is 19.3 Å². The average Bonchev–Trinajstić information content (AvgIpc) is 3.91. The molecule has 6 aromatic rings. The molecule has 4 aliphatic heterocycles. The SMILES string of the molecule is Cc1c(N(C(=O)c2cc(-c3cc4c(cc3C(=O)N3Cc5ccccc5C[C@H]3C)CN(C(=O)Cc3ccc(OCCN5CCOCC5)cc3)CC4)n(C)c2C)c2ccc(O)cc2)cnn1C1CCOCC1. The number of anilines is 2. The van der Waals surface area contributed by atoms with Crippen molar-refractivity contribution in [2.75, 3.05) is 64.1 Å². The Balaban J connectivity index is 0.954. The van der Waals surface area contributed by atoms with Crippen LogP contribution in [-0.4, -0.2) is 117 Å². The van der Waals surface area contributed by atoms with Gasteiger partial charge in [0.05, 0.1) is 48.8 Å². The summed E-state index contributed by atoms with van der Waals surface area (Å²) < 4.78 is 21.1. The summed E-state index contributed by atoms with van der Waals surface area (Å²) in [6.07, 6.45) is 5.03. The highest BCUT2D eigenvalue weighted by atomic mass is 16.5. The fourth-order valence-corrected chi connectivity index (χ4v) is 10.6. The second kappa shape index (κ2) is 20.3. The number of ether oxygens (including phenoxy) is 3. The number of carbonyl (C=O) groups excluding carboxylic acids is 3. The zero-order valence-electron chi connectivity index (χ0n) is 40.7. The van der Waals surface area contributed by atoms with Crippen LogP contribution in [0, 0.1) is 13.8 Å². The molecule has 3 amide bonds. The molecular weight excluding hydrogens is 883 g/mol. The van der Waals surface area contributed by atoms with Gasteiger partial charge >= 0.3 is 0 Å². The molecule has 1 N–H and O–H groups in total. The number of aromatic nitrogens is 3. The molecule has 0 saturated carbocycles. The second-order valence-electron chi connectivity index (χ2n) is 19.3. The van der Waals surface area contributed by atoms with Gasteiger partial charge in [-0.15, -0.1) is 0 Å². The van der Waals surface area contributed by atoms with Crippen LogP contribution in [-0.2, 0) is 53.7 Å². The maximum atomic E-state index is 15.3. The lowest BCUT2D eigenvalue weighted by Crippen LogP contribution is -2.43. The number of nitrogens with zero attached hydrogens (tertiary/aromatic N) is 7. The predicted molar refractivity (Wildman–Crippen MR) is 268 cm³/mol. The van der Waals surface area contributed by atoms with Gasteiger partial charge in [0, 0.05) is 93.8 Å². The summed E-state index contributed by atoms with van der Waals surface area (Å²) >= 11 is 0. The Morgan fingerprint density at radius 3 is 2.29 bits per heavy atom. The van der Waals surface area contributed by atoms with E-state index >= 15 is 9.59 Å². The fraction of sp³-hybridized carbons (Fsp3) is 0.393. The lowest BCUT2D eigenvalue weighted by atomic mass is 9.89. The highest BCUT2D eigenvalue weighted by molar-refractivity contribution is 6.13. The Hall–Kier alpha value is -6.74. The van der Waals surface area contributed by atoms with E-state index in [1.54, 1.807) is 35.4 Å². The third kappa shape index (κ3) is 9.60. The Morgan fingerprint density at radius 1 is 0.800 bits per heavy atom. The van der Waals surface area contributed by atoms with Crippen LogP contribution in [0.15, 0.2) is 97.2 Å². The first-order chi connectivity index (χ1) is 34.0. The van der Waals surface area contributed by atoms with Crippen molar-refractivity contribution < 1.29 is 33.7 Å². The van der Waals surface area contributed by atoms with Gasteiger partial charge < -0.3 is 33.7 Å². The van der Waals surface area contributed by atoms with Crippen LogP contribution < -0.4 is 9.64 Å². The number of carbonyl (C=O) groups is 3. The lowest BCUT2D eigenvalue weighted by molar-refractivity contribution is -0.131. The lowest BCUT2D eigenvalue weighted by Gasteiger charge is -2.36. The van der Waals surface area contributed by atoms with Crippen molar-refractivity contribution in [2.24, 2.45) is 7.05 Å². The van der Waals surface area contributed by atoms with Crippen LogP contribution in [0.3, 0.4) is 0 Å². The molecule has 2 saturated heterocycles. The van der Waals surface area contributed by atoms with Crippen LogP contribution in [0.25, 0.3) is 11.3 Å². The zero-order valence-corrected chi connectivity index (χ0v) is 40.7. The van der Waals surface area contributed by atoms with E-state index in [0.29, 0.717) is 68.4 Å². The third-order valence-corrected chi connectivity index (χ3v) is 14.9. The van der Waals surface area contributed by atoms with Gasteiger partial charge in [0.2, 0.25) is 5.91 Å². The molecule has 4 aliphatic rings. The van der Waals surface area contributed by atoms with Gasteiger partial charge in [0.1, 0.15) is 18.1 Å². The maximum absolute atomic E-state index is 15.3. The molecule has 0 radical (unpaired) electrons. The molecule has 0 spiro atoms. The number of phenolic OH excluding ortho intramolecular Hbond substituents is 1. The summed E-state index contributed by atoms with van der Waals surface area (Å²) in [5.41, 5.74) is 10.6. The second-order valence-corrected chi connectivity index (χ2v) is 19.3. The first-order valence-corrected chi connectivity index (χ1v) is 24.8. The Kier molecular flexibility index (Phi) is 13.6. The Labute approximate surface area is 410 Å². The molecule has 6 heterocycles. The highest BCUT2D eigenvalue weighted by Crippen LogP contribution is 2.39. The van der Waals surface area contributed by atoms with Gasteiger partial charge in [-0.2, -0.15) is 5.10 Å². The van der Waals surface area contributed by atoms with Crippen molar-refractivity contribution in [3.8, 4) is 22.8 Å². The maximum Gasteiger partial charge on any atom is 0.264 e. The highest BCUT2D eigenvalue weighted by Gasteiger charge is 2.34. The average molecular weight is 946 g/mol. The fourth-order valence-electron chi connectivity index (χ4n) is 10.6. The number of benzene rings is 4. The number of rotatable bonds is 12. The smallest absolute Gasteiger partial charge is 0.264 e. The number of fused-ring (bicyclic) bond motifs is 2. The number of amides is 3. The molecular formula is C56H63N7O7. The van der Waals surface area contributed by atoms with E-state index < -0.39 is 0 Å². The molecule has 10 rings (SSSR count). The van der Waals surface area contributed by atoms with Crippen molar-refractivity contribution in [1.82, 2.24) is 29.0 Å². The number of hydrogen-bond donors (Lipinski definition) is 1. The van der Waals surface area contributed by atoms with Gasteiger partial charge in [-0.25, -0.2) is 0 Å². The molecule has 2 fully saturated rings. The van der Waals surface area contributed by atoms with Crippen molar-refractivity contribution in [3.63, 3.8) is 0 Å². The van der Waals surface area contributed by atoms with E-state index in [0.717, 1.165) is 103 Å². The van der Waals surface area contributed by atoms with Crippen LogP contribution >= 0.6 is 0 Å². The van der Waals surface area contributed by atoms with Gasteiger partial charge in [-0.1, -0.05) is 36.4 Å². The molecule has 1 atom stereocenters. The van der Waals surface area contributed by atoms with E-state index in [1.165, 1.54) is 5.56 Å². The number of hydrogen-bond acceptors (Lipinski definition) is 9. The van der Waals surface area contributed by atoms with Gasteiger partial charge in [-0.05, 0) is 129 Å². The summed E-state index contributed by atoms with van der Waals surface area (Å²) in [7, 11) is 1.94. The standard InChI is InChI=1S/C56H63N7O7/c1-37-29-41-7-5-6-8-43(41)36-61(37)55(66)51-32-44-35-60(54(65)30-40-9-15-48(16-10-40)70-28-23-59-21-26-69-27-22-59)20-17-42(44)31-50(51)52-33-49(38(2)58(52)4)56(67)62(45-11-13-47(64)14-12-45)53-34-57-63(39(53)3)46-18-24-68-25-19-46/h5-16,31-34,37,46,64H,17-30,35-36H2,1-4H3/t37-/m1/s1. The van der Waals surface area contributed by atoms with Gasteiger partial charge in [0.15, 0.2) is 0 Å². The largest absolute Gasteiger partial charge is 0.508 e. The first-order valence-electron chi connectivity index (χ1n) is 24.8. The van der Waals surface area contributed by atoms with E-state index in [2.05, 4.69) is 36.1 Å². The zero-order chi connectivity index (χ0) is 48.5. The van der Waals surface area contributed by atoms with Crippen molar-refractivity contribution >= 4 is 29.1 Å². The number of morpholine rings is 1. The molecule has 364 valence electrons. The van der Waals surface area contributed by atoms with Crippen LogP contribution in [0.5, 0.6) is 11.5 Å². The first kappa shape index (κ1) is 47.0. The minimum absolute atomic E-state index is 0.0257. The molecule has 4 aromatic carbocycles. The molecule has 14 nitrogen and oxygen atoms in total. The van der Waals surface area contributed by atoms with Crippen molar-refractivity contribution in [2.45, 2.75) is 78.0 Å². The van der Waals surface area contributed by atoms with Crippen molar-refractivity contribution in [1.29, 1.82) is 0 Å². The van der Waals surface area contributed by atoms with Gasteiger partial charge in [0.25, 0.3) is 11.8 Å². The topological polar surface area (TPSA) is 135 Å². The van der Waals surface area contributed by atoms with E-state index in [9.17, 15) is 9.90 Å². The summed E-state index contributed by atoms with van der Waals surface area (Å²) in [6.45, 7) is 13.5. The molecule has 0 aliphatic carbocycles. The normalized spacial score (nSPS) is 17.5. The molecule has 0 bridgehead atoms. The predicted octanol–water partition coefficient (Wildman–Crippen LogP) is 7.97. The van der Waals surface area contributed by atoms with Crippen LogP contribution in [0.1, 0.15) is 85.7 Å². The number of aromatic hydroxyl groups is 1. The van der Waals surface area contributed by atoms with E-state index in [-0.39, 0.29) is 42.0 Å². The summed E-state index contributed by atoms with van der Waals surface area (Å²) in [5.74, 6) is 0.552.